The summed E-state index contributed by atoms with van der Waals surface area (Å²) in [5, 5.41) is 7.79. The van der Waals surface area contributed by atoms with Gasteiger partial charge in [-0.2, -0.15) is 0 Å². The van der Waals surface area contributed by atoms with Crippen molar-refractivity contribution < 1.29 is 14.4 Å². The monoisotopic (exact) mass is 439 g/mol. The largest absolute Gasteiger partial charge is 0.349 e. The van der Waals surface area contributed by atoms with Crippen molar-refractivity contribution in [3.63, 3.8) is 0 Å². The molecule has 4 rings (SSSR count). The van der Waals surface area contributed by atoms with Gasteiger partial charge in [0.15, 0.2) is 0 Å². The van der Waals surface area contributed by atoms with Gasteiger partial charge in [0.25, 0.3) is 11.8 Å². The number of thiophene rings is 1. The third-order valence-electron chi connectivity index (χ3n) is 6.25. The van der Waals surface area contributed by atoms with Gasteiger partial charge in [-0.15, -0.1) is 11.3 Å². The molecule has 2 heterocycles. The van der Waals surface area contributed by atoms with Crippen LogP contribution >= 0.6 is 11.3 Å². The fraction of sp³-hybridized carbons (Fsp3) is 0.458. The molecule has 3 amide bonds. The normalized spacial score (nSPS) is 17.9. The minimum absolute atomic E-state index is 0.0844. The van der Waals surface area contributed by atoms with Gasteiger partial charge in [-0.05, 0) is 61.4 Å². The zero-order chi connectivity index (χ0) is 21.6. The van der Waals surface area contributed by atoms with Crippen molar-refractivity contribution in [1.29, 1.82) is 0 Å². The number of carbonyl (C=O) groups is 3. The SMILES string of the molecule is O=C(NC1CCN(C(=O)C2CCCCC2)CC1)c1ccc(NC(=O)c2cccs2)cc1. The highest BCUT2D eigenvalue weighted by Gasteiger charge is 2.29. The third-order valence-corrected chi connectivity index (χ3v) is 7.11. The van der Waals surface area contributed by atoms with Gasteiger partial charge in [0.2, 0.25) is 5.91 Å². The lowest BCUT2D eigenvalue weighted by molar-refractivity contribution is -0.137. The Morgan fingerprint density at radius 2 is 1.58 bits per heavy atom. The van der Waals surface area contributed by atoms with Crippen molar-refractivity contribution in [2.45, 2.75) is 51.0 Å². The van der Waals surface area contributed by atoms with E-state index in [9.17, 15) is 14.4 Å². The van der Waals surface area contributed by atoms with Crippen LogP contribution in [0.3, 0.4) is 0 Å². The standard InChI is InChI=1S/C24H29N3O3S/c28-22(17-8-10-19(11-9-17)26-23(29)21-7-4-16-31-21)25-20-12-14-27(15-13-20)24(30)18-5-2-1-3-6-18/h4,7-11,16,18,20H,1-3,5-6,12-15H2,(H,25,28)(H,26,29). The molecule has 2 N–H and O–H groups in total. The van der Waals surface area contributed by atoms with Crippen LogP contribution in [0.5, 0.6) is 0 Å². The Labute approximate surface area is 187 Å². The molecule has 7 heteroatoms. The molecule has 1 saturated carbocycles. The van der Waals surface area contributed by atoms with Crippen molar-refractivity contribution in [1.82, 2.24) is 10.2 Å². The van der Waals surface area contributed by atoms with E-state index in [0.717, 1.165) is 25.7 Å². The molecule has 2 aromatic rings. The van der Waals surface area contributed by atoms with Gasteiger partial charge in [0, 0.05) is 36.3 Å². The highest BCUT2D eigenvalue weighted by atomic mass is 32.1. The molecule has 2 fully saturated rings. The zero-order valence-electron chi connectivity index (χ0n) is 17.6. The number of carbonyl (C=O) groups excluding carboxylic acids is 3. The Balaban J connectivity index is 1.24. The maximum atomic E-state index is 12.7. The summed E-state index contributed by atoms with van der Waals surface area (Å²) in [6.07, 6.45) is 7.22. The van der Waals surface area contributed by atoms with Crippen molar-refractivity contribution >= 4 is 34.7 Å². The Morgan fingerprint density at radius 3 is 2.23 bits per heavy atom. The van der Waals surface area contributed by atoms with Crippen molar-refractivity contribution in [2.75, 3.05) is 18.4 Å². The van der Waals surface area contributed by atoms with Gasteiger partial charge >= 0.3 is 0 Å². The number of hydrogen-bond donors (Lipinski definition) is 2. The summed E-state index contributed by atoms with van der Waals surface area (Å²) in [6.45, 7) is 1.43. The predicted molar refractivity (Wildman–Crippen MR) is 122 cm³/mol. The summed E-state index contributed by atoms with van der Waals surface area (Å²) < 4.78 is 0. The molecule has 1 aliphatic heterocycles. The summed E-state index contributed by atoms with van der Waals surface area (Å²) in [6, 6.07) is 10.6. The lowest BCUT2D eigenvalue weighted by Gasteiger charge is -2.35. The van der Waals surface area contributed by atoms with Crippen molar-refractivity contribution in [3.05, 3.63) is 52.2 Å². The molecular formula is C24H29N3O3S. The fourth-order valence-corrected chi connectivity index (χ4v) is 5.05. The highest BCUT2D eigenvalue weighted by molar-refractivity contribution is 7.12. The molecule has 0 spiro atoms. The van der Waals surface area contributed by atoms with E-state index in [1.54, 1.807) is 30.3 Å². The third kappa shape index (κ3) is 5.53. The lowest BCUT2D eigenvalue weighted by atomic mass is 9.87. The second kappa shape index (κ2) is 10.1. The Kier molecular flexibility index (Phi) is 7.02. The van der Waals surface area contributed by atoms with Gasteiger partial charge < -0.3 is 15.5 Å². The average Bonchev–Trinajstić information content (AvgIpc) is 3.35. The smallest absolute Gasteiger partial charge is 0.265 e. The van der Waals surface area contributed by atoms with Crippen LogP contribution in [0.15, 0.2) is 41.8 Å². The van der Waals surface area contributed by atoms with Gasteiger partial charge in [-0.25, -0.2) is 0 Å². The highest BCUT2D eigenvalue weighted by Crippen LogP contribution is 2.26. The summed E-state index contributed by atoms with van der Waals surface area (Å²) in [5.41, 5.74) is 1.22. The number of amides is 3. The van der Waals surface area contributed by atoms with Crippen LogP contribution in [-0.4, -0.2) is 41.8 Å². The molecule has 31 heavy (non-hydrogen) atoms. The number of nitrogens with one attached hydrogen (secondary N) is 2. The Bertz CT molecular complexity index is 897. The summed E-state index contributed by atoms with van der Waals surface area (Å²) in [5.74, 6) is 0.248. The number of rotatable bonds is 5. The summed E-state index contributed by atoms with van der Waals surface area (Å²) in [7, 11) is 0. The molecule has 0 unspecified atom stereocenters. The first-order valence-electron chi connectivity index (χ1n) is 11.1. The van der Waals surface area contributed by atoms with Crippen LogP contribution in [0.25, 0.3) is 0 Å². The molecule has 1 aliphatic carbocycles. The zero-order valence-corrected chi connectivity index (χ0v) is 18.5. The van der Waals surface area contributed by atoms with Crippen molar-refractivity contribution in [2.24, 2.45) is 5.92 Å². The van der Waals surface area contributed by atoms with Crippen LogP contribution < -0.4 is 10.6 Å². The van der Waals surface area contributed by atoms with E-state index in [4.69, 9.17) is 0 Å². The molecule has 1 aromatic heterocycles. The van der Waals surface area contributed by atoms with E-state index in [-0.39, 0.29) is 23.8 Å². The molecular weight excluding hydrogens is 410 g/mol. The molecule has 2 aliphatic rings. The Morgan fingerprint density at radius 1 is 0.871 bits per heavy atom. The summed E-state index contributed by atoms with van der Waals surface area (Å²) in [4.78, 5) is 40.1. The number of anilines is 1. The van der Waals surface area contributed by atoms with Gasteiger partial charge in [-0.3, -0.25) is 14.4 Å². The maximum absolute atomic E-state index is 12.7. The minimum Gasteiger partial charge on any atom is -0.349 e. The molecule has 1 saturated heterocycles. The molecule has 6 nitrogen and oxygen atoms in total. The number of benzene rings is 1. The predicted octanol–water partition coefficient (Wildman–Crippen LogP) is 4.30. The van der Waals surface area contributed by atoms with Gasteiger partial charge in [0.1, 0.15) is 0 Å². The molecule has 0 atom stereocenters. The van der Waals surface area contributed by atoms with Crippen LogP contribution in [-0.2, 0) is 4.79 Å². The van der Waals surface area contributed by atoms with Crippen LogP contribution in [0.4, 0.5) is 5.69 Å². The first-order chi connectivity index (χ1) is 15.1. The van der Waals surface area contributed by atoms with Crippen molar-refractivity contribution in [3.8, 4) is 0 Å². The first kappa shape index (κ1) is 21.6. The maximum Gasteiger partial charge on any atom is 0.265 e. The average molecular weight is 440 g/mol. The van der Waals surface area contributed by atoms with E-state index in [1.165, 1.54) is 30.6 Å². The van der Waals surface area contributed by atoms with Crippen LogP contribution in [0, 0.1) is 5.92 Å². The second-order valence-electron chi connectivity index (χ2n) is 8.42. The van der Waals surface area contributed by atoms with E-state index in [2.05, 4.69) is 10.6 Å². The van der Waals surface area contributed by atoms with Crippen LogP contribution in [0.2, 0.25) is 0 Å². The van der Waals surface area contributed by atoms with E-state index in [1.807, 2.05) is 16.3 Å². The fourth-order valence-electron chi connectivity index (χ4n) is 4.43. The summed E-state index contributed by atoms with van der Waals surface area (Å²) >= 11 is 1.39. The number of nitrogens with zero attached hydrogens (tertiary/aromatic N) is 1. The molecule has 1 aromatic carbocycles. The van der Waals surface area contributed by atoms with Gasteiger partial charge in [0.05, 0.1) is 4.88 Å². The molecule has 0 bridgehead atoms. The number of hydrogen-bond acceptors (Lipinski definition) is 4. The number of piperidine rings is 1. The molecule has 0 radical (unpaired) electrons. The van der Waals surface area contributed by atoms with E-state index < -0.39 is 0 Å². The second-order valence-corrected chi connectivity index (χ2v) is 9.36. The van der Waals surface area contributed by atoms with E-state index in [0.29, 0.717) is 35.1 Å². The topological polar surface area (TPSA) is 78.5 Å². The Hall–Kier alpha value is -2.67. The minimum atomic E-state index is -0.151. The van der Waals surface area contributed by atoms with Gasteiger partial charge in [-0.1, -0.05) is 25.3 Å². The molecule has 164 valence electrons. The number of likely N-dealkylation sites (tertiary alicyclic amines) is 1. The lowest BCUT2D eigenvalue weighted by Crippen LogP contribution is -2.48. The first-order valence-corrected chi connectivity index (χ1v) is 12.0. The quantitative estimate of drug-likeness (QED) is 0.729. The van der Waals surface area contributed by atoms with Crippen LogP contribution in [0.1, 0.15) is 65.0 Å². The van der Waals surface area contributed by atoms with E-state index >= 15 is 0 Å².